The molecule has 3 fully saturated rings. The maximum absolute atomic E-state index is 13.3. The number of anilines is 1. The predicted octanol–water partition coefficient (Wildman–Crippen LogP) is 5.06. The number of hydrogen-bond donors (Lipinski definition) is 0. The Labute approximate surface area is 197 Å². The van der Waals surface area contributed by atoms with Crippen molar-refractivity contribution in [2.75, 3.05) is 31.1 Å². The van der Waals surface area contributed by atoms with Gasteiger partial charge < -0.3 is 9.80 Å². The highest BCUT2D eigenvalue weighted by Crippen LogP contribution is 2.35. The molecule has 3 aliphatic rings. The minimum atomic E-state index is 0.228. The Kier molecular flexibility index (Phi) is 6.88. The zero-order valence-corrected chi connectivity index (χ0v) is 20.0. The molecule has 0 aromatic carbocycles. The van der Waals surface area contributed by atoms with Crippen LogP contribution in [0.25, 0.3) is 11.1 Å². The van der Waals surface area contributed by atoms with Gasteiger partial charge in [-0.2, -0.15) is 0 Å². The molecule has 6 nitrogen and oxygen atoms in total. The van der Waals surface area contributed by atoms with Crippen molar-refractivity contribution in [2.45, 2.75) is 70.6 Å². The van der Waals surface area contributed by atoms with E-state index in [2.05, 4.69) is 27.8 Å². The van der Waals surface area contributed by atoms with Gasteiger partial charge in [0.05, 0.1) is 5.69 Å². The summed E-state index contributed by atoms with van der Waals surface area (Å²) < 4.78 is 0. The van der Waals surface area contributed by atoms with E-state index in [1.54, 1.807) is 6.20 Å². The third kappa shape index (κ3) is 5.04. The van der Waals surface area contributed by atoms with Crippen LogP contribution in [0.2, 0.25) is 0 Å². The summed E-state index contributed by atoms with van der Waals surface area (Å²) in [5.41, 5.74) is 3.21. The molecule has 2 aliphatic heterocycles. The van der Waals surface area contributed by atoms with Crippen molar-refractivity contribution in [1.82, 2.24) is 19.9 Å². The van der Waals surface area contributed by atoms with Crippen molar-refractivity contribution >= 4 is 11.9 Å². The van der Waals surface area contributed by atoms with Crippen LogP contribution in [0.1, 0.15) is 76.3 Å². The lowest BCUT2D eigenvalue weighted by molar-refractivity contribution is -0.137. The number of nitrogens with zero attached hydrogens (tertiary/aromatic N) is 5. The number of carbonyl (C=O) groups excluding carboxylic acids is 1. The summed E-state index contributed by atoms with van der Waals surface area (Å²) in [6.45, 7) is 6.01. The highest BCUT2D eigenvalue weighted by atomic mass is 16.2. The first-order valence-electron chi connectivity index (χ1n) is 13.0. The van der Waals surface area contributed by atoms with Crippen LogP contribution in [0, 0.1) is 11.8 Å². The molecule has 2 atom stereocenters. The fraction of sp³-hybridized carbons (Fsp3) is 0.630. The lowest BCUT2D eigenvalue weighted by Gasteiger charge is -2.37. The van der Waals surface area contributed by atoms with Gasteiger partial charge >= 0.3 is 0 Å². The Bertz CT molecular complexity index is 943. The second-order valence-electron chi connectivity index (χ2n) is 10.4. The first kappa shape index (κ1) is 22.3. The topological polar surface area (TPSA) is 62.2 Å². The highest BCUT2D eigenvalue weighted by molar-refractivity contribution is 5.79. The molecule has 4 heterocycles. The molecule has 0 spiro atoms. The van der Waals surface area contributed by atoms with Crippen LogP contribution in [0.5, 0.6) is 0 Å². The van der Waals surface area contributed by atoms with Crippen molar-refractivity contribution in [3.8, 4) is 11.1 Å². The predicted molar refractivity (Wildman–Crippen MR) is 131 cm³/mol. The van der Waals surface area contributed by atoms with Crippen LogP contribution in [0.3, 0.4) is 0 Å². The molecule has 0 bridgehead atoms. The standard InChI is InChI=1S/C27H37N5O/c1-20-8-6-15-32(18-20)27-29-17-24(22-11-5-13-28-16-22)25(30-27)23-12-7-14-31(19-23)26(33)21-9-3-2-4-10-21/h5,11,13,16-17,20-21,23H,2-4,6-10,12,14-15,18-19H2,1H3/t20-,23+/m1/s1. The van der Waals surface area contributed by atoms with E-state index < -0.39 is 0 Å². The Morgan fingerprint density at radius 1 is 0.970 bits per heavy atom. The second kappa shape index (κ2) is 10.2. The lowest BCUT2D eigenvalue weighted by Crippen LogP contribution is -2.43. The van der Waals surface area contributed by atoms with Gasteiger partial charge in [-0.15, -0.1) is 0 Å². The number of likely N-dealkylation sites (tertiary alicyclic amines) is 1. The fourth-order valence-electron chi connectivity index (χ4n) is 5.97. The van der Waals surface area contributed by atoms with Gasteiger partial charge in [-0.25, -0.2) is 9.97 Å². The number of rotatable bonds is 4. The molecule has 33 heavy (non-hydrogen) atoms. The van der Waals surface area contributed by atoms with Gasteiger partial charge in [0.25, 0.3) is 0 Å². The molecule has 2 saturated heterocycles. The SMILES string of the molecule is C[C@@H]1CCCN(c2ncc(-c3cccnc3)c([C@H]3CCCN(C(=O)C4CCCCC4)C3)n2)C1. The third-order valence-corrected chi connectivity index (χ3v) is 7.79. The Morgan fingerprint density at radius 3 is 2.61 bits per heavy atom. The van der Waals surface area contributed by atoms with Gasteiger partial charge in [0, 0.05) is 67.7 Å². The molecular formula is C27H37N5O. The quantitative estimate of drug-likeness (QED) is 0.655. The molecular weight excluding hydrogens is 410 g/mol. The number of hydrogen-bond acceptors (Lipinski definition) is 5. The Morgan fingerprint density at radius 2 is 1.82 bits per heavy atom. The summed E-state index contributed by atoms with van der Waals surface area (Å²) >= 11 is 0. The van der Waals surface area contributed by atoms with E-state index in [-0.39, 0.29) is 11.8 Å². The van der Waals surface area contributed by atoms with Gasteiger partial charge in [-0.3, -0.25) is 9.78 Å². The molecule has 2 aromatic heterocycles. The van der Waals surface area contributed by atoms with E-state index >= 15 is 0 Å². The highest BCUT2D eigenvalue weighted by Gasteiger charge is 2.32. The Hall–Kier alpha value is -2.50. The van der Waals surface area contributed by atoms with E-state index in [9.17, 15) is 4.79 Å². The number of pyridine rings is 1. The first-order chi connectivity index (χ1) is 16.2. The van der Waals surface area contributed by atoms with Gasteiger partial charge in [-0.1, -0.05) is 32.3 Å². The number of aromatic nitrogens is 3. The first-order valence-corrected chi connectivity index (χ1v) is 13.0. The van der Waals surface area contributed by atoms with Crippen molar-refractivity contribution in [2.24, 2.45) is 11.8 Å². The van der Waals surface area contributed by atoms with E-state index in [1.807, 2.05) is 18.5 Å². The molecule has 0 unspecified atom stereocenters. The van der Waals surface area contributed by atoms with Crippen molar-refractivity contribution in [3.63, 3.8) is 0 Å². The van der Waals surface area contributed by atoms with E-state index in [4.69, 9.17) is 9.97 Å². The zero-order chi connectivity index (χ0) is 22.6. The van der Waals surface area contributed by atoms with Gasteiger partial charge in [0.1, 0.15) is 0 Å². The van der Waals surface area contributed by atoms with Gasteiger partial charge in [0.15, 0.2) is 0 Å². The molecule has 5 rings (SSSR count). The summed E-state index contributed by atoms with van der Waals surface area (Å²) in [4.78, 5) is 32.1. The molecule has 0 radical (unpaired) electrons. The van der Waals surface area contributed by atoms with E-state index in [0.29, 0.717) is 11.8 Å². The normalized spacial score (nSPS) is 24.6. The minimum Gasteiger partial charge on any atom is -0.342 e. The summed E-state index contributed by atoms with van der Waals surface area (Å²) in [6, 6.07) is 4.06. The fourth-order valence-corrected chi connectivity index (χ4v) is 5.97. The second-order valence-corrected chi connectivity index (χ2v) is 10.4. The largest absolute Gasteiger partial charge is 0.342 e. The minimum absolute atomic E-state index is 0.228. The summed E-state index contributed by atoms with van der Waals surface area (Å²) in [5, 5.41) is 0. The van der Waals surface area contributed by atoms with Crippen LogP contribution in [0.4, 0.5) is 5.95 Å². The van der Waals surface area contributed by atoms with Crippen LogP contribution >= 0.6 is 0 Å². The third-order valence-electron chi connectivity index (χ3n) is 7.79. The van der Waals surface area contributed by atoms with Gasteiger partial charge in [0.2, 0.25) is 11.9 Å². The monoisotopic (exact) mass is 447 g/mol. The van der Waals surface area contributed by atoms with Crippen LogP contribution < -0.4 is 4.90 Å². The maximum atomic E-state index is 13.3. The summed E-state index contributed by atoms with van der Waals surface area (Å²) in [5.74, 6) is 2.36. The smallest absolute Gasteiger partial charge is 0.225 e. The molecule has 176 valence electrons. The maximum Gasteiger partial charge on any atom is 0.225 e. The molecule has 0 N–H and O–H groups in total. The molecule has 1 saturated carbocycles. The van der Waals surface area contributed by atoms with Crippen molar-refractivity contribution < 1.29 is 4.79 Å². The van der Waals surface area contributed by atoms with Crippen LogP contribution in [-0.4, -0.2) is 51.9 Å². The lowest BCUT2D eigenvalue weighted by atomic mass is 9.86. The Balaban J connectivity index is 1.44. The average Bonchev–Trinajstić information content (AvgIpc) is 2.89. The number of piperidine rings is 2. The molecule has 6 heteroatoms. The van der Waals surface area contributed by atoms with Gasteiger partial charge in [-0.05, 0) is 50.5 Å². The van der Waals surface area contributed by atoms with Crippen LogP contribution in [0.15, 0.2) is 30.7 Å². The summed E-state index contributed by atoms with van der Waals surface area (Å²) in [7, 11) is 0. The van der Waals surface area contributed by atoms with Crippen LogP contribution in [-0.2, 0) is 4.79 Å². The molecule has 2 aromatic rings. The molecule has 1 aliphatic carbocycles. The number of carbonyl (C=O) groups is 1. The van der Waals surface area contributed by atoms with E-state index in [0.717, 1.165) is 74.6 Å². The summed E-state index contributed by atoms with van der Waals surface area (Å²) in [6.07, 6.45) is 16.1. The average molecular weight is 448 g/mol. The van der Waals surface area contributed by atoms with Crippen molar-refractivity contribution in [3.05, 3.63) is 36.4 Å². The zero-order valence-electron chi connectivity index (χ0n) is 20.0. The molecule has 1 amide bonds. The number of amides is 1. The van der Waals surface area contributed by atoms with E-state index in [1.165, 1.54) is 32.1 Å². The van der Waals surface area contributed by atoms with Crippen molar-refractivity contribution in [1.29, 1.82) is 0 Å².